The lowest BCUT2D eigenvalue weighted by molar-refractivity contribution is -0.384. The van der Waals surface area contributed by atoms with Gasteiger partial charge in [0.15, 0.2) is 5.78 Å². The van der Waals surface area contributed by atoms with Gasteiger partial charge in [0.2, 0.25) is 11.8 Å². The Labute approximate surface area is 220 Å². The number of carbonyl (C=O) groups excluding carboxylic acids is 3. The van der Waals surface area contributed by atoms with Gasteiger partial charge in [-0.15, -0.1) is 0 Å². The van der Waals surface area contributed by atoms with Crippen molar-refractivity contribution >= 4 is 58.3 Å². The predicted molar refractivity (Wildman–Crippen MR) is 137 cm³/mol. The lowest BCUT2D eigenvalue weighted by Gasteiger charge is -2.35. The van der Waals surface area contributed by atoms with E-state index in [4.69, 9.17) is 23.2 Å². The number of hydrogen-bond donors (Lipinski definition) is 0. The number of benzene rings is 3. The number of nitrogens with zero attached hydrogens (tertiary/aromatic N) is 3. The van der Waals surface area contributed by atoms with Gasteiger partial charge in [-0.1, -0.05) is 59.6 Å². The fourth-order valence-electron chi connectivity index (χ4n) is 5.70. The molecule has 0 unspecified atom stereocenters. The van der Waals surface area contributed by atoms with Crippen LogP contribution in [0.5, 0.6) is 0 Å². The first-order valence-corrected chi connectivity index (χ1v) is 12.2. The van der Waals surface area contributed by atoms with Crippen LogP contribution in [0.2, 0.25) is 10.0 Å². The molecule has 0 saturated carbocycles. The van der Waals surface area contributed by atoms with Crippen LogP contribution < -0.4 is 4.90 Å². The van der Waals surface area contributed by atoms with Crippen LogP contribution >= 0.6 is 23.2 Å². The molecule has 0 aliphatic carbocycles. The molecule has 0 bridgehead atoms. The summed E-state index contributed by atoms with van der Waals surface area (Å²) in [5.41, 5.74) is 1.76. The molecule has 10 heteroatoms. The number of non-ortho nitro benzene ring substituents is 1. The van der Waals surface area contributed by atoms with Crippen molar-refractivity contribution in [3.05, 3.63) is 110 Å². The van der Waals surface area contributed by atoms with Crippen molar-refractivity contribution in [1.29, 1.82) is 0 Å². The van der Waals surface area contributed by atoms with Crippen molar-refractivity contribution in [2.75, 3.05) is 4.90 Å². The molecule has 3 heterocycles. The second-order valence-corrected chi connectivity index (χ2v) is 9.96. The highest BCUT2D eigenvalue weighted by Crippen LogP contribution is 2.54. The molecule has 37 heavy (non-hydrogen) atoms. The summed E-state index contributed by atoms with van der Waals surface area (Å²) < 4.78 is 0. The van der Waals surface area contributed by atoms with Crippen molar-refractivity contribution in [2.45, 2.75) is 12.1 Å². The molecule has 0 N–H and O–H groups in total. The smallest absolute Gasteiger partial charge is 0.270 e. The summed E-state index contributed by atoms with van der Waals surface area (Å²) in [5, 5.41) is 11.8. The highest BCUT2D eigenvalue weighted by atomic mass is 35.5. The van der Waals surface area contributed by atoms with Crippen molar-refractivity contribution in [1.82, 2.24) is 4.90 Å². The van der Waals surface area contributed by atoms with E-state index in [1.54, 1.807) is 11.1 Å². The molecule has 0 aromatic heterocycles. The Morgan fingerprint density at radius 2 is 1.68 bits per heavy atom. The van der Waals surface area contributed by atoms with Crippen LogP contribution in [0.25, 0.3) is 6.08 Å². The van der Waals surface area contributed by atoms with Crippen LogP contribution in [0.3, 0.4) is 0 Å². The molecule has 0 spiro atoms. The van der Waals surface area contributed by atoms with Crippen LogP contribution in [-0.4, -0.2) is 33.5 Å². The Balaban J connectivity index is 1.50. The minimum Gasteiger partial charge on any atom is -0.358 e. The van der Waals surface area contributed by atoms with Gasteiger partial charge < -0.3 is 4.90 Å². The summed E-state index contributed by atoms with van der Waals surface area (Å²) in [5.74, 6) is -3.38. The molecule has 6 rings (SSSR count). The average molecular weight is 534 g/mol. The van der Waals surface area contributed by atoms with Gasteiger partial charge in [0, 0.05) is 28.9 Å². The third-order valence-corrected chi connectivity index (χ3v) is 7.76. The van der Waals surface area contributed by atoms with E-state index >= 15 is 0 Å². The molecule has 184 valence electrons. The first-order chi connectivity index (χ1) is 17.8. The lowest BCUT2D eigenvalue weighted by atomic mass is 9.83. The van der Waals surface area contributed by atoms with Crippen molar-refractivity contribution < 1.29 is 19.3 Å². The molecule has 3 aromatic carbocycles. The number of amides is 2. The van der Waals surface area contributed by atoms with Crippen LogP contribution in [0.4, 0.5) is 11.4 Å². The maximum absolute atomic E-state index is 13.9. The zero-order valence-electron chi connectivity index (χ0n) is 19.0. The number of hydrogen-bond acceptors (Lipinski definition) is 6. The number of rotatable bonds is 4. The molecular weight excluding hydrogens is 517 g/mol. The van der Waals surface area contributed by atoms with Crippen LogP contribution in [0, 0.1) is 22.0 Å². The highest BCUT2D eigenvalue weighted by molar-refractivity contribution is 6.38. The first-order valence-electron chi connectivity index (χ1n) is 11.4. The molecule has 4 atom stereocenters. The van der Waals surface area contributed by atoms with Crippen LogP contribution in [0.15, 0.2) is 72.9 Å². The number of Topliss-reactive ketones (excluding diaryl/α,β-unsaturated/α-hetero) is 1. The minimum atomic E-state index is -1.05. The number of nitro groups is 1. The molecular formula is C27H17Cl2N3O5. The largest absolute Gasteiger partial charge is 0.358 e. The summed E-state index contributed by atoms with van der Waals surface area (Å²) >= 11 is 12.4. The maximum Gasteiger partial charge on any atom is 0.270 e. The van der Waals surface area contributed by atoms with Gasteiger partial charge in [-0.25, -0.2) is 4.90 Å². The Kier molecular flexibility index (Phi) is 5.40. The third-order valence-electron chi connectivity index (χ3n) is 7.22. The van der Waals surface area contributed by atoms with Crippen molar-refractivity contribution in [3.63, 3.8) is 0 Å². The SMILES string of the molecule is O=C(c1cccc([N+](=O)[O-])c1)[C@H]1[C@H]2C(=O)N(c3ccc(Cl)cc3Cl)C(=O)[C@@H]2[C@@H]2c3ccccc3C=CN12. The Hall–Kier alpha value is -4.01. The lowest BCUT2D eigenvalue weighted by Crippen LogP contribution is -2.44. The van der Waals surface area contributed by atoms with Gasteiger partial charge in [0.1, 0.15) is 6.04 Å². The summed E-state index contributed by atoms with van der Waals surface area (Å²) in [6.07, 6.45) is 3.56. The average Bonchev–Trinajstić information content (AvgIpc) is 3.36. The molecule has 3 aliphatic heterocycles. The van der Waals surface area contributed by atoms with Gasteiger partial charge in [-0.3, -0.25) is 24.5 Å². The normalized spacial score (nSPS) is 23.6. The topological polar surface area (TPSA) is 101 Å². The van der Waals surface area contributed by atoms with Crippen LogP contribution in [-0.2, 0) is 9.59 Å². The summed E-state index contributed by atoms with van der Waals surface area (Å²) in [6, 6.07) is 15.8. The fourth-order valence-corrected chi connectivity index (χ4v) is 6.19. The number of fused-ring (bicyclic) bond motifs is 5. The van der Waals surface area contributed by atoms with Crippen molar-refractivity contribution in [3.8, 4) is 0 Å². The highest BCUT2D eigenvalue weighted by Gasteiger charge is 2.64. The first kappa shape index (κ1) is 23.4. The number of imide groups is 1. The quantitative estimate of drug-likeness (QED) is 0.195. The van der Waals surface area contributed by atoms with Gasteiger partial charge in [0.25, 0.3) is 5.69 Å². The zero-order valence-corrected chi connectivity index (χ0v) is 20.5. The van der Waals surface area contributed by atoms with Gasteiger partial charge in [-0.2, -0.15) is 0 Å². The molecule has 3 aliphatic rings. The Morgan fingerprint density at radius 3 is 2.43 bits per heavy atom. The van der Waals surface area contributed by atoms with E-state index in [9.17, 15) is 24.5 Å². The number of halogens is 2. The van der Waals surface area contributed by atoms with Gasteiger partial charge in [0.05, 0.1) is 33.5 Å². The van der Waals surface area contributed by atoms with E-state index in [0.29, 0.717) is 5.02 Å². The molecule has 3 aromatic rings. The van der Waals surface area contributed by atoms with Gasteiger partial charge in [-0.05, 0) is 35.4 Å². The third kappa shape index (κ3) is 3.48. The molecule has 2 saturated heterocycles. The minimum absolute atomic E-state index is 0.0917. The summed E-state index contributed by atoms with van der Waals surface area (Å²) in [4.78, 5) is 55.3. The van der Waals surface area contributed by atoms with E-state index in [1.807, 2.05) is 30.3 Å². The predicted octanol–water partition coefficient (Wildman–Crippen LogP) is 5.30. The molecule has 2 fully saturated rings. The molecule has 0 radical (unpaired) electrons. The van der Waals surface area contributed by atoms with E-state index in [0.717, 1.165) is 16.0 Å². The summed E-state index contributed by atoms with van der Waals surface area (Å²) in [6.45, 7) is 0. The zero-order chi connectivity index (χ0) is 26.0. The number of ketones is 1. The van der Waals surface area contributed by atoms with E-state index < -0.39 is 46.4 Å². The standard InChI is InChI=1S/C27H17Cl2N3O5/c28-16-8-9-20(19(29)13-16)31-26(34)21-22(27(31)35)24(25(33)15-5-3-6-17(12-15)32(36)37)30-11-10-14-4-1-2-7-18(14)23(21)30/h1-13,21-24H/t21-,22-,23-,24+/m0/s1. The number of anilines is 1. The summed E-state index contributed by atoms with van der Waals surface area (Å²) in [7, 11) is 0. The Morgan fingerprint density at radius 1 is 0.919 bits per heavy atom. The van der Waals surface area contributed by atoms with E-state index in [1.165, 1.54) is 42.5 Å². The van der Waals surface area contributed by atoms with E-state index in [2.05, 4.69) is 0 Å². The molecule has 8 nitrogen and oxygen atoms in total. The second-order valence-electron chi connectivity index (χ2n) is 9.11. The number of carbonyl (C=O) groups is 3. The Bertz CT molecular complexity index is 1550. The van der Waals surface area contributed by atoms with Crippen molar-refractivity contribution in [2.24, 2.45) is 11.8 Å². The molecule has 2 amide bonds. The van der Waals surface area contributed by atoms with Crippen LogP contribution in [0.1, 0.15) is 27.5 Å². The maximum atomic E-state index is 13.9. The van der Waals surface area contributed by atoms with Gasteiger partial charge >= 0.3 is 0 Å². The fraction of sp³-hybridized carbons (Fsp3) is 0.148. The number of nitro benzene ring substituents is 1. The second kappa shape index (κ2) is 8.54. The van der Waals surface area contributed by atoms with E-state index in [-0.39, 0.29) is 22.0 Å². The monoisotopic (exact) mass is 533 g/mol.